The Hall–Kier alpha value is -6.45. The quantitative estimate of drug-likeness (QED) is 0.0404. The molecule has 0 saturated carbocycles. The van der Waals surface area contributed by atoms with Crippen LogP contribution in [0.25, 0.3) is 0 Å². The van der Waals surface area contributed by atoms with Crippen molar-refractivity contribution in [3.05, 3.63) is 106 Å². The predicted octanol–water partition coefficient (Wildman–Crippen LogP) is -0.755. The summed E-state index contributed by atoms with van der Waals surface area (Å²) < 4.78 is 14.4. The molecule has 25 heteroatoms. The van der Waals surface area contributed by atoms with Crippen molar-refractivity contribution in [3.63, 3.8) is 0 Å². The number of hydrogen-bond donors (Lipinski definition) is 6. The molecule has 0 aliphatic rings. The zero-order valence-electron chi connectivity index (χ0n) is 44.0. The van der Waals surface area contributed by atoms with Crippen LogP contribution in [0, 0.1) is 41.7 Å². The van der Waals surface area contributed by atoms with Crippen LogP contribution in [-0.4, -0.2) is 126 Å². The molecule has 3 atom stereocenters. The van der Waals surface area contributed by atoms with Gasteiger partial charge in [0.1, 0.15) is 19.6 Å². The predicted molar refractivity (Wildman–Crippen MR) is 267 cm³/mol. The number of carbonyl (C=O) groups is 9. The fraction of sp³-hybridized carbons (Fsp3) is 0.471. The van der Waals surface area contributed by atoms with E-state index in [0.717, 1.165) is 48.1 Å². The molecule has 0 heterocycles. The Labute approximate surface area is 477 Å². The maximum Gasteiger partial charge on any atom is 3.00 e. The average molecular weight is 1190 g/mol. The van der Waals surface area contributed by atoms with Gasteiger partial charge in [0.15, 0.2) is 0 Å². The summed E-state index contributed by atoms with van der Waals surface area (Å²) in [5.41, 5.74) is 21.9. The summed E-state index contributed by atoms with van der Waals surface area (Å²) in [4.78, 5) is 109. The van der Waals surface area contributed by atoms with Gasteiger partial charge in [-0.15, -0.1) is 0 Å². The molecule has 1 radical (unpaired) electrons. The summed E-state index contributed by atoms with van der Waals surface area (Å²) in [5.74, 6) is -6.31. The van der Waals surface area contributed by atoms with Crippen molar-refractivity contribution in [3.8, 4) is 0 Å². The van der Waals surface area contributed by atoms with E-state index < -0.39 is 91.7 Å². The first-order chi connectivity index (χ1) is 35.8. The maximum absolute atomic E-state index is 12.4. The van der Waals surface area contributed by atoms with Gasteiger partial charge in [-0.05, 0) is 73.4 Å². The number of carbonyl (C=O) groups excluding carboxylic acids is 9. The summed E-state index contributed by atoms with van der Waals surface area (Å²) in [6.45, 7) is 10.3. The molecule has 6 amide bonds. The number of hydrogen-bond acceptors (Lipinski definition) is 18. The normalized spacial score (nSPS) is 11.3. The molecule has 415 valence electrons. The number of nitrogens with zero attached hydrogens (tertiary/aromatic N) is 3. The van der Waals surface area contributed by atoms with Gasteiger partial charge >= 0.3 is 77.7 Å². The largest absolute Gasteiger partial charge is 3.00 e. The number of esters is 3. The zero-order chi connectivity index (χ0) is 56.5. The first-order valence-corrected chi connectivity index (χ1v) is 24.3. The maximum atomic E-state index is 12.4. The molecular weight excluding hydrogens is 1120 g/mol. The van der Waals surface area contributed by atoms with Gasteiger partial charge in [-0.2, -0.15) is 0 Å². The van der Waals surface area contributed by atoms with Gasteiger partial charge in [0.05, 0.1) is 55.9 Å². The molecule has 0 bridgehead atoms. The number of nitrogens with two attached hydrogens (primary N) is 3. The Morgan fingerprint density at radius 2 is 0.658 bits per heavy atom. The van der Waals surface area contributed by atoms with Crippen molar-refractivity contribution in [1.82, 2.24) is 30.7 Å². The van der Waals surface area contributed by atoms with Crippen LogP contribution < -0.4 is 48.5 Å². The Morgan fingerprint density at radius 3 is 0.842 bits per heavy atom. The summed E-state index contributed by atoms with van der Waals surface area (Å²) in [6, 6.07) is 16.3. The summed E-state index contributed by atoms with van der Waals surface area (Å²) >= 11 is 0. The molecule has 3 aromatic rings. The topological polar surface area (TPSA) is 374 Å². The number of aliphatic carboxylic acids is 3. The second-order valence-corrected chi connectivity index (χ2v) is 16.1. The number of carboxylic acid groups (broad SMARTS) is 3. The van der Waals surface area contributed by atoms with E-state index in [9.17, 15) is 58.5 Å². The minimum absolute atomic E-state index is 0. The van der Waals surface area contributed by atoms with Crippen LogP contribution >= 0.6 is 0 Å². The van der Waals surface area contributed by atoms with Crippen molar-refractivity contribution in [2.24, 2.45) is 17.2 Å². The molecule has 24 nitrogen and oxygen atoms in total. The van der Waals surface area contributed by atoms with Crippen LogP contribution in [0.1, 0.15) is 94.2 Å². The summed E-state index contributed by atoms with van der Waals surface area (Å²) in [6.07, 6.45) is 0.327. The average Bonchev–Trinajstić information content (AvgIpc) is 3.39. The van der Waals surface area contributed by atoms with Crippen molar-refractivity contribution in [1.29, 1.82) is 0 Å². The van der Waals surface area contributed by atoms with Gasteiger partial charge in [0.2, 0.25) is 0 Å². The van der Waals surface area contributed by atoms with Crippen molar-refractivity contribution in [2.75, 3.05) is 39.5 Å². The second-order valence-electron chi connectivity index (χ2n) is 16.1. The third-order valence-electron chi connectivity index (χ3n) is 10.7. The van der Waals surface area contributed by atoms with Crippen LogP contribution in [0.15, 0.2) is 72.8 Å². The van der Waals surface area contributed by atoms with Crippen molar-refractivity contribution < 1.29 is 114 Å². The van der Waals surface area contributed by atoms with Crippen molar-refractivity contribution in [2.45, 2.75) is 118 Å². The number of rotatable bonds is 27. The van der Waals surface area contributed by atoms with E-state index in [1.54, 1.807) is 41.5 Å². The minimum atomic E-state index is -1.42. The third-order valence-corrected chi connectivity index (χ3v) is 10.7. The van der Waals surface area contributed by atoms with E-state index in [-0.39, 0.29) is 100 Å². The number of ether oxygens (including phenoxy) is 3. The summed E-state index contributed by atoms with van der Waals surface area (Å²) in [7, 11) is 0. The second kappa shape index (κ2) is 39.0. The molecule has 76 heavy (non-hydrogen) atoms. The van der Waals surface area contributed by atoms with Gasteiger partial charge in [-0.1, -0.05) is 93.6 Å². The van der Waals surface area contributed by atoms with Gasteiger partial charge in [0, 0.05) is 39.3 Å². The van der Waals surface area contributed by atoms with Gasteiger partial charge in [-0.25, -0.2) is 14.4 Å². The minimum Gasteiger partial charge on any atom is -0.548 e. The van der Waals surface area contributed by atoms with Gasteiger partial charge in [0.25, 0.3) is 0 Å². The van der Waals surface area contributed by atoms with E-state index in [4.69, 9.17) is 31.4 Å². The van der Waals surface area contributed by atoms with Crippen LogP contribution in [0.2, 0.25) is 0 Å². The Morgan fingerprint density at radius 1 is 0.434 bits per heavy atom. The van der Waals surface area contributed by atoms with E-state index >= 15 is 0 Å². The van der Waals surface area contributed by atoms with Crippen LogP contribution in [0.4, 0.5) is 14.4 Å². The SMILES string of the molecule is CCOC(=O)CN(C(=O)NCc1cccc(CN)c1)C(CC)C(=O)[O-].CCOC(=O)CN(C(=O)NCc1cccc(CN)c1)C(CC)C(=O)[O-].CCOC(=O)CN(C(=O)NCc1cccc(CN)c1)C(CC)C(=O)[O-].[Ce+3]. The Balaban J connectivity index is 0.00000110. The Bertz CT molecular complexity index is 2080. The van der Waals surface area contributed by atoms with Crippen LogP contribution in [0.5, 0.6) is 0 Å². The molecule has 0 aliphatic heterocycles. The molecule has 0 saturated heterocycles. The van der Waals surface area contributed by atoms with Gasteiger partial charge in [-0.3, -0.25) is 14.4 Å². The fourth-order valence-electron chi connectivity index (χ4n) is 6.99. The first-order valence-electron chi connectivity index (χ1n) is 24.3. The number of amides is 6. The van der Waals surface area contributed by atoms with E-state index in [1.165, 1.54) is 0 Å². The van der Waals surface area contributed by atoms with Crippen molar-refractivity contribution >= 4 is 53.9 Å². The number of benzene rings is 3. The molecule has 3 unspecified atom stereocenters. The zero-order valence-corrected chi connectivity index (χ0v) is 47.1. The monoisotopic (exact) mass is 1190 g/mol. The standard InChI is InChI=1S/3C17H25N3O5.Ce/c3*1-3-14(16(22)23)20(11-15(21)25-4-2)17(24)19-10-13-7-5-6-12(8-13)9-18;/h3*5-8,14H,3-4,9-11,18H2,1-2H3,(H,19,24)(H,22,23);/q;;;+3/p-3. The van der Waals surface area contributed by atoms with E-state index in [2.05, 4.69) is 16.0 Å². The first kappa shape index (κ1) is 69.5. The number of urea groups is 3. The number of carboxylic acids is 3. The van der Waals surface area contributed by atoms with E-state index in [0.29, 0.717) is 19.6 Å². The fourth-order valence-corrected chi connectivity index (χ4v) is 6.99. The number of nitrogens with one attached hydrogen (secondary N) is 3. The Kier molecular flexibility index (Phi) is 35.7. The third kappa shape index (κ3) is 25.9. The molecule has 0 aliphatic carbocycles. The smallest absolute Gasteiger partial charge is 0.548 e. The molecule has 9 N–H and O–H groups in total. The molecule has 0 aromatic heterocycles. The molecule has 0 fully saturated rings. The molecule has 0 spiro atoms. The molecule has 3 aromatic carbocycles. The molecular formula is C51H72CeN9O15. The summed E-state index contributed by atoms with van der Waals surface area (Å²) in [5, 5.41) is 41.7. The molecule has 3 rings (SSSR count). The van der Waals surface area contributed by atoms with E-state index in [1.807, 2.05) is 72.8 Å². The van der Waals surface area contributed by atoms with Gasteiger partial charge < -0.3 is 91.8 Å². The van der Waals surface area contributed by atoms with Crippen LogP contribution in [0.3, 0.4) is 0 Å². The van der Waals surface area contributed by atoms with Crippen LogP contribution in [-0.2, 0) is 82.2 Å².